The van der Waals surface area contributed by atoms with Crippen LogP contribution in [0.5, 0.6) is 11.5 Å². The van der Waals surface area contributed by atoms with E-state index < -0.39 is 10.8 Å². The van der Waals surface area contributed by atoms with Gasteiger partial charge in [0.2, 0.25) is 0 Å². The first-order chi connectivity index (χ1) is 30.9. The van der Waals surface area contributed by atoms with Gasteiger partial charge >= 0.3 is 11.9 Å². The van der Waals surface area contributed by atoms with Crippen molar-refractivity contribution in [2.45, 2.75) is 164 Å². The van der Waals surface area contributed by atoms with E-state index in [0.29, 0.717) is 54.5 Å². The fraction of sp³-hybridized carbons (Fsp3) is 0.623. The third-order valence-electron chi connectivity index (χ3n) is 12.2. The maximum atomic E-state index is 13.4. The van der Waals surface area contributed by atoms with Crippen molar-refractivity contribution in [1.29, 1.82) is 0 Å². The van der Waals surface area contributed by atoms with Gasteiger partial charge in [-0.25, -0.2) is 0 Å². The average molecular weight is 884 g/mol. The number of benzene rings is 3. The maximum Gasteiger partial charge on any atom is 0.311 e. The van der Waals surface area contributed by atoms with Crippen LogP contribution in [0, 0.1) is 17.8 Å². The molecule has 3 aromatic rings. The number of anilines is 1. The van der Waals surface area contributed by atoms with Gasteiger partial charge in [-0.05, 0) is 114 Å². The smallest absolute Gasteiger partial charge is 0.311 e. The molecule has 0 amide bonds. The Hall–Kier alpha value is -4.80. The van der Waals surface area contributed by atoms with Gasteiger partial charge < -0.3 is 23.8 Å². The van der Waals surface area contributed by atoms with Crippen LogP contribution in [0.1, 0.15) is 163 Å². The summed E-state index contributed by atoms with van der Waals surface area (Å²) in [4.78, 5) is 28.9. The molecule has 0 N–H and O–H groups in total. The lowest BCUT2D eigenvalue weighted by molar-refractivity contribution is -0.163. The number of aryl methyl sites for hydroxylation is 1. The predicted octanol–water partition coefficient (Wildman–Crippen LogP) is 15.8. The summed E-state index contributed by atoms with van der Waals surface area (Å²) in [6.07, 6.45) is 21.8. The van der Waals surface area contributed by atoms with Crippen molar-refractivity contribution in [3.05, 3.63) is 66.2 Å². The molecule has 11 nitrogen and oxygen atoms in total. The van der Waals surface area contributed by atoms with E-state index in [1.54, 1.807) is 20.3 Å². The lowest BCUT2D eigenvalue weighted by Gasteiger charge is -2.34. The van der Waals surface area contributed by atoms with Crippen LogP contribution < -0.4 is 14.4 Å². The molecule has 0 fully saturated rings. The van der Waals surface area contributed by atoms with Gasteiger partial charge in [0, 0.05) is 18.3 Å². The Kier molecular flexibility index (Phi) is 24.8. The summed E-state index contributed by atoms with van der Waals surface area (Å²) >= 11 is 0. The number of carbonyl (C=O) groups excluding carboxylic acids is 2. The minimum absolute atomic E-state index is 0.223. The fourth-order valence-electron chi connectivity index (χ4n) is 7.91. The van der Waals surface area contributed by atoms with Gasteiger partial charge in [0.1, 0.15) is 23.8 Å². The topological polar surface area (TPSA) is 124 Å². The first-order valence-electron chi connectivity index (χ1n) is 24.2. The monoisotopic (exact) mass is 884 g/mol. The van der Waals surface area contributed by atoms with Crippen molar-refractivity contribution in [2.24, 2.45) is 31.3 Å². The van der Waals surface area contributed by atoms with Crippen LogP contribution >= 0.6 is 0 Å². The molecule has 3 aromatic carbocycles. The maximum absolute atomic E-state index is 13.4. The van der Waals surface area contributed by atoms with Gasteiger partial charge in [-0.15, -0.1) is 5.11 Å². The molecular formula is C53H81N5O6. The number of esters is 2. The van der Waals surface area contributed by atoms with E-state index in [1.807, 2.05) is 89.2 Å². The highest BCUT2D eigenvalue weighted by Gasteiger charge is 2.43. The largest absolute Gasteiger partial charge is 0.497 e. The molecule has 0 aliphatic heterocycles. The Bertz CT molecular complexity index is 1840. The molecule has 0 aliphatic carbocycles. The molecule has 0 heterocycles. The highest BCUT2D eigenvalue weighted by Crippen LogP contribution is 2.39. The SMILES string of the molecule is CCCCCCCCCCCCCCCCCCOC(=O)C(C)(CC)CC(C)(C)C(=O)OCCN(CC)c1ccc(N=Nc2cc(OC)c(N=Nc3ccc(OC)cc3)cc2C)cc1. The van der Waals surface area contributed by atoms with Gasteiger partial charge in [-0.1, -0.05) is 110 Å². The van der Waals surface area contributed by atoms with Crippen LogP contribution in [-0.2, 0) is 19.1 Å². The zero-order valence-electron chi connectivity index (χ0n) is 41.0. The number of hydrogen-bond acceptors (Lipinski definition) is 11. The molecule has 0 aromatic heterocycles. The zero-order chi connectivity index (χ0) is 46.6. The fourth-order valence-corrected chi connectivity index (χ4v) is 7.91. The normalized spacial score (nSPS) is 12.7. The Morgan fingerprint density at radius 3 is 1.58 bits per heavy atom. The molecule has 11 heteroatoms. The van der Waals surface area contributed by atoms with Crippen molar-refractivity contribution < 1.29 is 28.5 Å². The van der Waals surface area contributed by atoms with Crippen molar-refractivity contribution in [1.82, 2.24) is 0 Å². The lowest BCUT2D eigenvalue weighted by Crippen LogP contribution is -2.39. The Labute approximate surface area is 386 Å². The van der Waals surface area contributed by atoms with Gasteiger partial charge in [-0.3, -0.25) is 9.59 Å². The van der Waals surface area contributed by atoms with E-state index >= 15 is 0 Å². The number of azo groups is 2. The molecule has 1 unspecified atom stereocenters. The van der Waals surface area contributed by atoms with Crippen LogP contribution in [0.2, 0.25) is 0 Å². The summed E-state index contributed by atoms with van der Waals surface area (Å²) < 4.78 is 22.4. The summed E-state index contributed by atoms with van der Waals surface area (Å²) in [5, 5.41) is 17.7. The molecule has 0 saturated carbocycles. The molecule has 0 radical (unpaired) electrons. The molecule has 0 spiro atoms. The van der Waals surface area contributed by atoms with Gasteiger partial charge in [0.15, 0.2) is 0 Å². The minimum Gasteiger partial charge on any atom is -0.497 e. The Balaban J connectivity index is 1.38. The van der Waals surface area contributed by atoms with Crippen LogP contribution in [0.25, 0.3) is 0 Å². The summed E-state index contributed by atoms with van der Waals surface area (Å²) in [6.45, 7) is 15.8. The van der Waals surface area contributed by atoms with Crippen molar-refractivity contribution in [2.75, 3.05) is 45.4 Å². The quantitative estimate of drug-likeness (QED) is 0.0339. The van der Waals surface area contributed by atoms with Crippen LogP contribution in [0.3, 0.4) is 0 Å². The van der Waals surface area contributed by atoms with Gasteiger partial charge in [0.25, 0.3) is 0 Å². The van der Waals surface area contributed by atoms with Crippen LogP contribution in [0.15, 0.2) is 81.1 Å². The number of hydrogen-bond donors (Lipinski definition) is 0. The second-order valence-electron chi connectivity index (χ2n) is 18.1. The molecule has 0 aliphatic rings. The summed E-state index contributed by atoms with van der Waals surface area (Å²) in [7, 11) is 3.21. The van der Waals surface area contributed by atoms with Crippen molar-refractivity contribution in [3.8, 4) is 11.5 Å². The standard InChI is InChI=1S/C53H81N5O6/c1-10-13-14-15-16-17-18-19-20-21-22-23-24-25-26-27-37-63-51(60)53(7,11-2)41-52(5,6)50(59)64-38-36-58(12-3)45-32-28-43(29-33-45)54-56-47-40-49(62-9)48(39-42(47)4)57-55-44-30-34-46(61-8)35-31-44/h28-35,39-40H,10-27,36-38,41H2,1-9H3. The van der Waals surface area contributed by atoms with E-state index in [2.05, 4.69) is 39.2 Å². The number of methoxy groups -OCH3 is 2. The van der Waals surface area contributed by atoms with E-state index in [-0.39, 0.29) is 18.5 Å². The molecule has 0 saturated heterocycles. The molecule has 64 heavy (non-hydrogen) atoms. The summed E-state index contributed by atoms with van der Waals surface area (Å²) in [6, 6.07) is 18.8. The summed E-state index contributed by atoms with van der Waals surface area (Å²) in [5.41, 5.74) is 2.86. The zero-order valence-corrected chi connectivity index (χ0v) is 41.0. The minimum atomic E-state index is -0.855. The number of ether oxygens (including phenoxy) is 4. The molecule has 354 valence electrons. The van der Waals surface area contributed by atoms with Crippen LogP contribution in [-0.4, -0.2) is 52.5 Å². The van der Waals surface area contributed by atoms with Gasteiger partial charge in [0.05, 0.1) is 55.3 Å². The lowest BCUT2D eigenvalue weighted by atomic mass is 9.72. The van der Waals surface area contributed by atoms with E-state index in [9.17, 15) is 9.59 Å². The second kappa shape index (κ2) is 29.6. The number of rotatable bonds is 33. The third-order valence-corrected chi connectivity index (χ3v) is 12.2. The molecular weight excluding hydrogens is 803 g/mol. The third kappa shape index (κ3) is 19.1. The van der Waals surface area contributed by atoms with E-state index in [1.165, 1.54) is 89.9 Å². The number of nitrogens with zero attached hydrogens (tertiary/aromatic N) is 5. The number of unbranched alkanes of at least 4 members (excludes halogenated alkanes) is 15. The Morgan fingerprint density at radius 1 is 0.578 bits per heavy atom. The highest BCUT2D eigenvalue weighted by molar-refractivity contribution is 5.80. The first kappa shape index (κ1) is 53.5. The second-order valence-corrected chi connectivity index (χ2v) is 18.1. The highest BCUT2D eigenvalue weighted by atomic mass is 16.5. The molecule has 3 rings (SSSR count). The predicted molar refractivity (Wildman–Crippen MR) is 262 cm³/mol. The summed E-state index contributed by atoms with van der Waals surface area (Å²) in [5.74, 6) is 0.742. The van der Waals surface area contributed by atoms with Crippen LogP contribution in [0.4, 0.5) is 28.4 Å². The Morgan fingerprint density at radius 2 is 1.08 bits per heavy atom. The average Bonchev–Trinajstić information content (AvgIpc) is 3.30. The van der Waals surface area contributed by atoms with Crippen molar-refractivity contribution >= 4 is 40.4 Å². The number of carbonyl (C=O) groups is 2. The van der Waals surface area contributed by atoms with Gasteiger partial charge in [-0.2, -0.15) is 15.3 Å². The molecule has 1 atom stereocenters. The van der Waals surface area contributed by atoms with E-state index in [4.69, 9.17) is 18.9 Å². The van der Waals surface area contributed by atoms with Crippen molar-refractivity contribution in [3.63, 3.8) is 0 Å². The molecule has 0 bridgehead atoms. The number of likely N-dealkylation sites (N-methyl/N-ethyl adjacent to an activating group) is 1. The first-order valence-corrected chi connectivity index (χ1v) is 24.2. The van der Waals surface area contributed by atoms with E-state index in [0.717, 1.165) is 36.4 Å².